The highest BCUT2D eigenvalue weighted by molar-refractivity contribution is 5.92. The van der Waals surface area contributed by atoms with Gasteiger partial charge < -0.3 is 20.7 Å². The first kappa shape index (κ1) is 15.4. The standard InChI is InChI=1S/C13H22N4O2/c1-17(2)13(18)12-10-11(4-7-16-12)15-6-3-8-19-9-5-14/h4,7,10H,3,5-6,8-9,14H2,1-2H3,(H,15,16). The third kappa shape index (κ3) is 5.67. The van der Waals surface area contributed by atoms with Gasteiger partial charge >= 0.3 is 0 Å². The fourth-order valence-electron chi connectivity index (χ4n) is 1.48. The van der Waals surface area contributed by atoms with Crippen molar-refractivity contribution in [1.82, 2.24) is 9.88 Å². The van der Waals surface area contributed by atoms with Crippen molar-refractivity contribution in [2.45, 2.75) is 6.42 Å². The van der Waals surface area contributed by atoms with Crippen molar-refractivity contribution in [1.29, 1.82) is 0 Å². The van der Waals surface area contributed by atoms with Gasteiger partial charge in [-0.25, -0.2) is 0 Å². The minimum Gasteiger partial charge on any atom is -0.385 e. The lowest BCUT2D eigenvalue weighted by Crippen LogP contribution is -2.22. The van der Waals surface area contributed by atoms with E-state index in [0.717, 1.165) is 18.7 Å². The predicted molar refractivity (Wildman–Crippen MR) is 75.2 cm³/mol. The Bertz CT molecular complexity index is 396. The maximum Gasteiger partial charge on any atom is 0.272 e. The van der Waals surface area contributed by atoms with Gasteiger partial charge in [-0.05, 0) is 18.6 Å². The summed E-state index contributed by atoms with van der Waals surface area (Å²) in [5.74, 6) is -0.102. The molecule has 19 heavy (non-hydrogen) atoms. The minimum absolute atomic E-state index is 0.102. The summed E-state index contributed by atoms with van der Waals surface area (Å²) in [7, 11) is 3.41. The molecule has 0 aliphatic heterocycles. The SMILES string of the molecule is CN(C)C(=O)c1cc(NCCCOCCN)ccn1. The molecule has 1 rings (SSSR count). The van der Waals surface area contributed by atoms with E-state index in [0.29, 0.717) is 25.5 Å². The van der Waals surface area contributed by atoms with Crippen LogP contribution in [0.2, 0.25) is 0 Å². The first-order valence-electron chi connectivity index (χ1n) is 6.34. The Kier molecular flexibility index (Phi) is 6.84. The molecule has 3 N–H and O–H groups in total. The molecule has 0 bridgehead atoms. The van der Waals surface area contributed by atoms with E-state index in [1.165, 1.54) is 4.90 Å². The highest BCUT2D eigenvalue weighted by Gasteiger charge is 2.09. The highest BCUT2D eigenvalue weighted by atomic mass is 16.5. The number of carbonyl (C=O) groups excluding carboxylic acids is 1. The van der Waals surface area contributed by atoms with Crippen molar-refractivity contribution in [3.63, 3.8) is 0 Å². The number of rotatable bonds is 8. The number of hydrogen-bond acceptors (Lipinski definition) is 5. The second kappa shape index (κ2) is 8.44. The normalized spacial score (nSPS) is 10.3. The van der Waals surface area contributed by atoms with Crippen LogP contribution in [0, 0.1) is 0 Å². The number of ether oxygens (including phenoxy) is 1. The van der Waals surface area contributed by atoms with E-state index in [4.69, 9.17) is 10.5 Å². The van der Waals surface area contributed by atoms with Crippen molar-refractivity contribution in [3.05, 3.63) is 24.0 Å². The predicted octanol–water partition coefficient (Wildman–Crippen LogP) is 0.561. The molecule has 0 unspecified atom stereocenters. The summed E-state index contributed by atoms with van der Waals surface area (Å²) in [6.45, 7) is 2.60. The molecule has 0 radical (unpaired) electrons. The molecule has 1 amide bonds. The summed E-state index contributed by atoms with van der Waals surface area (Å²) in [5, 5.41) is 3.23. The summed E-state index contributed by atoms with van der Waals surface area (Å²) in [4.78, 5) is 17.3. The number of hydrogen-bond donors (Lipinski definition) is 2. The van der Waals surface area contributed by atoms with Crippen molar-refractivity contribution < 1.29 is 9.53 Å². The third-order valence-electron chi connectivity index (χ3n) is 2.44. The van der Waals surface area contributed by atoms with Gasteiger partial charge in [0.25, 0.3) is 5.91 Å². The molecule has 0 fully saturated rings. The van der Waals surface area contributed by atoms with Crippen molar-refractivity contribution in [2.24, 2.45) is 5.73 Å². The summed E-state index contributed by atoms with van der Waals surface area (Å²) in [6.07, 6.45) is 2.52. The van der Waals surface area contributed by atoms with Crippen molar-refractivity contribution in [3.8, 4) is 0 Å². The van der Waals surface area contributed by atoms with E-state index in [9.17, 15) is 4.79 Å². The number of anilines is 1. The fraction of sp³-hybridized carbons (Fsp3) is 0.538. The topological polar surface area (TPSA) is 80.5 Å². The fourth-order valence-corrected chi connectivity index (χ4v) is 1.48. The van der Waals surface area contributed by atoms with Gasteiger partial charge in [0, 0.05) is 45.7 Å². The minimum atomic E-state index is -0.102. The first-order chi connectivity index (χ1) is 9.15. The molecule has 0 aromatic carbocycles. The van der Waals surface area contributed by atoms with E-state index in [2.05, 4.69) is 10.3 Å². The lowest BCUT2D eigenvalue weighted by Gasteiger charge is -2.11. The third-order valence-corrected chi connectivity index (χ3v) is 2.44. The second-order valence-electron chi connectivity index (χ2n) is 4.31. The molecule has 106 valence electrons. The van der Waals surface area contributed by atoms with E-state index in [1.807, 2.05) is 6.07 Å². The molecule has 0 aliphatic carbocycles. The molecule has 6 nitrogen and oxygen atoms in total. The highest BCUT2D eigenvalue weighted by Crippen LogP contribution is 2.09. The molecular weight excluding hydrogens is 244 g/mol. The average Bonchev–Trinajstić information content (AvgIpc) is 2.42. The zero-order valence-electron chi connectivity index (χ0n) is 11.6. The molecule has 0 spiro atoms. The van der Waals surface area contributed by atoms with Crippen LogP contribution in [0.5, 0.6) is 0 Å². The van der Waals surface area contributed by atoms with Gasteiger partial charge in [-0.1, -0.05) is 0 Å². The average molecular weight is 266 g/mol. The van der Waals surface area contributed by atoms with Gasteiger partial charge in [-0.15, -0.1) is 0 Å². The zero-order valence-corrected chi connectivity index (χ0v) is 11.6. The van der Waals surface area contributed by atoms with Gasteiger partial charge in [-0.3, -0.25) is 9.78 Å². The van der Waals surface area contributed by atoms with Crippen molar-refractivity contribution in [2.75, 3.05) is 45.7 Å². The van der Waals surface area contributed by atoms with Crippen LogP contribution in [0.15, 0.2) is 18.3 Å². The van der Waals surface area contributed by atoms with E-state index >= 15 is 0 Å². The molecule has 0 aliphatic rings. The molecule has 1 aromatic heterocycles. The van der Waals surface area contributed by atoms with Crippen LogP contribution < -0.4 is 11.1 Å². The van der Waals surface area contributed by atoms with Crippen LogP contribution in [0.3, 0.4) is 0 Å². The maximum absolute atomic E-state index is 11.7. The van der Waals surface area contributed by atoms with Crippen LogP contribution >= 0.6 is 0 Å². The number of carbonyl (C=O) groups is 1. The lowest BCUT2D eigenvalue weighted by molar-refractivity contribution is 0.0822. The Morgan fingerprint density at radius 3 is 2.95 bits per heavy atom. The summed E-state index contributed by atoms with van der Waals surface area (Å²) < 4.78 is 5.28. The number of nitrogens with two attached hydrogens (primary N) is 1. The number of pyridine rings is 1. The Labute approximate surface area is 113 Å². The molecule has 0 atom stereocenters. The maximum atomic E-state index is 11.7. The molecule has 0 saturated carbocycles. The van der Waals surface area contributed by atoms with Gasteiger partial charge in [0.1, 0.15) is 5.69 Å². The zero-order chi connectivity index (χ0) is 14.1. The Morgan fingerprint density at radius 2 is 2.26 bits per heavy atom. The summed E-state index contributed by atoms with van der Waals surface area (Å²) in [5.41, 5.74) is 6.65. The summed E-state index contributed by atoms with van der Waals surface area (Å²) >= 11 is 0. The lowest BCUT2D eigenvalue weighted by atomic mass is 10.3. The van der Waals surface area contributed by atoms with E-state index in [-0.39, 0.29) is 5.91 Å². The first-order valence-corrected chi connectivity index (χ1v) is 6.34. The van der Waals surface area contributed by atoms with Gasteiger partial charge in [0.15, 0.2) is 0 Å². The molecule has 1 aromatic rings. The molecule has 1 heterocycles. The van der Waals surface area contributed by atoms with E-state index < -0.39 is 0 Å². The van der Waals surface area contributed by atoms with Crippen LogP contribution in [0.1, 0.15) is 16.9 Å². The largest absolute Gasteiger partial charge is 0.385 e. The molecular formula is C13H22N4O2. The summed E-state index contributed by atoms with van der Waals surface area (Å²) in [6, 6.07) is 3.59. The Balaban J connectivity index is 2.38. The monoisotopic (exact) mass is 266 g/mol. The number of nitrogens with zero attached hydrogens (tertiary/aromatic N) is 2. The second-order valence-corrected chi connectivity index (χ2v) is 4.31. The van der Waals surface area contributed by atoms with Gasteiger partial charge in [0.05, 0.1) is 6.61 Å². The van der Waals surface area contributed by atoms with Crippen LogP contribution in [-0.4, -0.2) is 56.2 Å². The number of nitrogens with one attached hydrogen (secondary N) is 1. The smallest absolute Gasteiger partial charge is 0.272 e. The molecule has 6 heteroatoms. The van der Waals surface area contributed by atoms with Gasteiger partial charge in [0.2, 0.25) is 0 Å². The van der Waals surface area contributed by atoms with E-state index in [1.54, 1.807) is 26.4 Å². The quantitative estimate of drug-likeness (QED) is 0.672. The van der Waals surface area contributed by atoms with Crippen LogP contribution in [0.25, 0.3) is 0 Å². The van der Waals surface area contributed by atoms with Gasteiger partial charge in [-0.2, -0.15) is 0 Å². The molecule has 0 saturated heterocycles. The van der Waals surface area contributed by atoms with Crippen LogP contribution in [-0.2, 0) is 4.74 Å². The number of aromatic nitrogens is 1. The Morgan fingerprint density at radius 1 is 1.47 bits per heavy atom. The number of amides is 1. The van der Waals surface area contributed by atoms with Crippen LogP contribution in [0.4, 0.5) is 5.69 Å². The Hall–Kier alpha value is -1.66. The van der Waals surface area contributed by atoms with Crippen molar-refractivity contribution >= 4 is 11.6 Å².